The number of hydrogen-bond acceptors (Lipinski definition) is 3. The summed E-state index contributed by atoms with van der Waals surface area (Å²) in [4.78, 5) is 0. The van der Waals surface area contributed by atoms with E-state index in [9.17, 15) is 4.39 Å². The number of fused-ring (bicyclic) bond motifs is 1. The van der Waals surface area contributed by atoms with E-state index in [0.29, 0.717) is 11.4 Å². The van der Waals surface area contributed by atoms with Crippen molar-refractivity contribution in [2.45, 2.75) is 18.5 Å². The van der Waals surface area contributed by atoms with Gasteiger partial charge >= 0.3 is 0 Å². The van der Waals surface area contributed by atoms with Crippen LogP contribution < -0.4 is 15.8 Å². The van der Waals surface area contributed by atoms with Crippen molar-refractivity contribution < 1.29 is 9.13 Å². The van der Waals surface area contributed by atoms with Crippen LogP contribution in [0.15, 0.2) is 42.5 Å². The number of methoxy groups -OCH3 is 1. The van der Waals surface area contributed by atoms with Crippen molar-refractivity contribution in [1.82, 2.24) is 0 Å². The molecule has 104 valence electrons. The largest absolute Gasteiger partial charge is 0.497 e. The van der Waals surface area contributed by atoms with Gasteiger partial charge in [0.25, 0.3) is 0 Å². The number of hydrogen-bond donors (Lipinski definition) is 2. The molecule has 20 heavy (non-hydrogen) atoms. The number of ether oxygens (including phenoxy) is 1. The zero-order valence-electron chi connectivity index (χ0n) is 11.3. The first-order valence-corrected chi connectivity index (χ1v) is 6.63. The second-order valence-corrected chi connectivity index (χ2v) is 5.01. The van der Waals surface area contributed by atoms with Crippen LogP contribution in [0.5, 0.6) is 5.75 Å². The lowest BCUT2D eigenvalue weighted by atomic mass is 10.1. The van der Waals surface area contributed by atoms with Crippen LogP contribution >= 0.6 is 0 Å². The highest BCUT2D eigenvalue weighted by Crippen LogP contribution is 2.39. The van der Waals surface area contributed by atoms with Crippen molar-refractivity contribution in [1.29, 1.82) is 0 Å². The molecule has 1 aliphatic carbocycles. The quantitative estimate of drug-likeness (QED) is 0.900. The summed E-state index contributed by atoms with van der Waals surface area (Å²) >= 11 is 0. The molecule has 1 aliphatic rings. The van der Waals surface area contributed by atoms with Crippen LogP contribution in [0.1, 0.15) is 29.6 Å². The molecule has 0 aromatic heterocycles. The van der Waals surface area contributed by atoms with E-state index in [-0.39, 0.29) is 17.9 Å². The highest BCUT2D eigenvalue weighted by atomic mass is 19.1. The lowest BCUT2D eigenvalue weighted by Crippen LogP contribution is -2.11. The van der Waals surface area contributed by atoms with Gasteiger partial charge in [-0.1, -0.05) is 24.3 Å². The van der Waals surface area contributed by atoms with Crippen LogP contribution in [0.4, 0.5) is 10.1 Å². The fourth-order valence-corrected chi connectivity index (χ4v) is 2.74. The Labute approximate surface area is 117 Å². The predicted octanol–water partition coefficient (Wildman–Crippen LogP) is 3.39. The molecule has 0 bridgehead atoms. The average Bonchev–Trinajstić information content (AvgIpc) is 2.78. The summed E-state index contributed by atoms with van der Waals surface area (Å²) in [5.41, 5.74) is 8.84. The number of rotatable bonds is 3. The van der Waals surface area contributed by atoms with Crippen LogP contribution in [-0.4, -0.2) is 7.11 Å². The molecule has 2 atom stereocenters. The summed E-state index contributed by atoms with van der Waals surface area (Å²) in [5.74, 6) is 0.341. The van der Waals surface area contributed by atoms with E-state index in [0.717, 1.165) is 17.5 Å². The minimum atomic E-state index is -0.288. The van der Waals surface area contributed by atoms with Crippen LogP contribution in [-0.2, 0) is 0 Å². The zero-order chi connectivity index (χ0) is 14.1. The van der Waals surface area contributed by atoms with E-state index in [1.807, 2.05) is 24.3 Å². The fraction of sp³-hybridized carbons (Fsp3) is 0.250. The number of nitrogens with two attached hydrogens (primary N) is 1. The van der Waals surface area contributed by atoms with Gasteiger partial charge in [-0.05, 0) is 29.7 Å². The summed E-state index contributed by atoms with van der Waals surface area (Å²) in [6.45, 7) is 0. The molecular formula is C16H17FN2O. The lowest BCUT2D eigenvalue weighted by Gasteiger charge is -2.16. The van der Waals surface area contributed by atoms with Crippen LogP contribution in [0, 0.1) is 5.82 Å². The Morgan fingerprint density at radius 2 is 1.95 bits per heavy atom. The summed E-state index contributed by atoms with van der Waals surface area (Å²) in [6.07, 6.45) is 0.760. The molecule has 0 saturated carbocycles. The second-order valence-electron chi connectivity index (χ2n) is 5.01. The van der Waals surface area contributed by atoms with E-state index in [1.54, 1.807) is 19.2 Å². The molecule has 0 radical (unpaired) electrons. The minimum Gasteiger partial charge on any atom is -0.497 e. The van der Waals surface area contributed by atoms with Crippen molar-refractivity contribution in [3.63, 3.8) is 0 Å². The van der Waals surface area contributed by atoms with E-state index in [2.05, 4.69) is 5.32 Å². The zero-order valence-corrected chi connectivity index (χ0v) is 11.3. The maximum Gasteiger partial charge on any atom is 0.146 e. The van der Waals surface area contributed by atoms with Crippen LogP contribution in [0.3, 0.4) is 0 Å². The third kappa shape index (κ3) is 2.23. The Morgan fingerprint density at radius 3 is 2.70 bits per heavy atom. The summed E-state index contributed by atoms with van der Waals surface area (Å²) in [6, 6.07) is 12.7. The third-order valence-corrected chi connectivity index (χ3v) is 3.76. The first-order chi connectivity index (χ1) is 9.69. The summed E-state index contributed by atoms with van der Waals surface area (Å²) < 4.78 is 19.0. The first kappa shape index (κ1) is 12.9. The van der Waals surface area contributed by atoms with Gasteiger partial charge in [-0.3, -0.25) is 0 Å². The van der Waals surface area contributed by atoms with Crippen LogP contribution in [0.25, 0.3) is 0 Å². The summed E-state index contributed by atoms with van der Waals surface area (Å²) in [7, 11) is 1.57. The van der Waals surface area contributed by atoms with E-state index >= 15 is 0 Å². The highest BCUT2D eigenvalue weighted by Gasteiger charge is 2.28. The molecule has 0 heterocycles. The van der Waals surface area contributed by atoms with Crippen molar-refractivity contribution in [3.05, 3.63) is 59.4 Å². The monoisotopic (exact) mass is 272 g/mol. The van der Waals surface area contributed by atoms with Gasteiger partial charge in [0.2, 0.25) is 0 Å². The maximum absolute atomic E-state index is 13.9. The van der Waals surface area contributed by atoms with Gasteiger partial charge < -0.3 is 15.8 Å². The molecule has 0 aliphatic heterocycles. The molecule has 0 fully saturated rings. The molecule has 3 rings (SSSR count). The normalized spacial score (nSPS) is 20.6. The number of anilines is 1. The molecule has 0 spiro atoms. The molecular weight excluding hydrogens is 255 g/mol. The Bertz CT molecular complexity index is 630. The standard InChI is InChI=1S/C16H17FN2O/c1-20-10-6-7-13(17)16(8-10)19-15-9-14(18)11-4-2-3-5-12(11)15/h2-8,14-15,19H,9,18H2,1H3. The maximum atomic E-state index is 13.9. The first-order valence-electron chi connectivity index (χ1n) is 6.63. The smallest absolute Gasteiger partial charge is 0.146 e. The number of benzene rings is 2. The van der Waals surface area contributed by atoms with Crippen molar-refractivity contribution in [2.75, 3.05) is 12.4 Å². The molecule has 3 N–H and O–H groups in total. The Balaban J connectivity index is 1.90. The minimum absolute atomic E-state index is 0.00244. The van der Waals surface area contributed by atoms with Crippen LogP contribution in [0.2, 0.25) is 0 Å². The van der Waals surface area contributed by atoms with Crippen molar-refractivity contribution in [2.24, 2.45) is 5.73 Å². The van der Waals surface area contributed by atoms with Gasteiger partial charge in [0.05, 0.1) is 18.8 Å². The average molecular weight is 272 g/mol. The van der Waals surface area contributed by atoms with Gasteiger partial charge in [-0.25, -0.2) is 4.39 Å². The highest BCUT2D eigenvalue weighted by molar-refractivity contribution is 5.53. The van der Waals surface area contributed by atoms with Gasteiger partial charge in [0.1, 0.15) is 11.6 Å². The van der Waals surface area contributed by atoms with Gasteiger partial charge in [-0.15, -0.1) is 0 Å². The molecule has 2 unspecified atom stereocenters. The summed E-state index contributed by atoms with van der Waals surface area (Å²) in [5, 5.41) is 3.24. The topological polar surface area (TPSA) is 47.3 Å². The number of halogens is 1. The third-order valence-electron chi connectivity index (χ3n) is 3.76. The predicted molar refractivity (Wildman–Crippen MR) is 77.3 cm³/mol. The van der Waals surface area contributed by atoms with Gasteiger partial charge in [0, 0.05) is 12.1 Å². The second kappa shape index (κ2) is 5.13. The Kier molecular flexibility index (Phi) is 3.32. The van der Waals surface area contributed by atoms with E-state index in [1.165, 1.54) is 6.07 Å². The lowest BCUT2D eigenvalue weighted by molar-refractivity contribution is 0.414. The van der Waals surface area contributed by atoms with Gasteiger partial charge in [-0.2, -0.15) is 0 Å². The van der Waals surface area contributed by atoms with Crippen molar-refractivity contribution >= 4 is 5.69 Å². The molecule has 2 aromatic rings. The Hall–Kier alpha value is -2.07. The van der Waals surface area contributed by atoms with E-state index in [4.69, 9.17) is 10.5 Å². The molecule has 0 amide bonds. The van der Waals surface area contributed by atoms with E-state index < -0.39 is 0 Å². The van der Waals surface area contributed by atoms with Gasteiger partial charge in [0.15, 0.2) is 0 Å². The fourth-order valence-electron chi connectivity index (χ4n) is 2.74. The molecule has 4 heteroatoms. The Morgan fingerprint density at radius 1 is 1.20 bits per heavy atom. The van der Waals surface area contributed by atoms with Crippen molar-refractivity contribution in [3.8, 4) is 5.75 Å². The number of nitrogens with one attached hydrogen (secondary N) is 1. The molecule has 0 saturated heterocycles. The molecule has 3 nitrogen and oxygen atoms in total. The SMILES string of the molecule is COc1ccc(F)c(NC2CC(N)c3ccccc32)c1. The molecule has 2 aromatic carbocycles.